The third kappa shape index (κ3) is 39.2. The fourth-order valence-corrected chi connectivity index (χ4v) is 17.2. The number of halogens is 2. The van der Waals surface area contributed by atoms with Gasteiger partial charge in [0.05, 0.1) is 76.6 Å². The first kappa shape index (κ1) is 116. The topological polar surface area (TPSA) is 676 Å². The van der Waals surface area contributed by atoms with Crippen LogP contribution in [0.3, 0.4) is 0 Å². The predicted molar refractivity (Wildman–Crippen MR) is 472 cm³/mol. The molecule has 18 N–H and O–H groups in total. The molecule has 6 aliphatic heterocycles. The minimum atomic E-state index is -1.24. The molecule has 8 rings (SSSR count). The number of carboxylic acid groups (broad SMARTS) is 6. The van der Waals surface area contributed by atoms with Gasteiger partial charge < -0.3 is 103 Å². The third-order valence-corrected chi connectivity index (χ3v) is 24.3. The van der Waals surface area contributed by atoms with E-state index in [1.165, 1.54) is 47.9 Å². The van der Waals surface area contributed by atoms with E-state index in [-0.39, 0.29) is 248 Å². The van der Waals surface area contributed by atoms with Crippen molar-refractivity contribution in [1.82, 2.24) is 70.3 Å². The Morgan fingerprint density at radius 3 is 0.985 bits per heavy atom. The van der Waals surface area contributed by atoms with Gasteiger partial charge in [0.15, 0.2) is 23.1 Å². The van der Waals surface area contributed by atoms with E-state index in [2.05, 4.69) is 41.5 Å². The second-order valence-electron chi connectivity index (χ2n) is 34.4. The molecular formula is C86H124Cl2Cu2N16O30. The van der Waals surface area contributed by atoms with Gasteiger partial charge in [0.1, 0.15) is 35.7 Å². The number of nitrogens with two attached hydrogens (primary N) is 2. The van der Waals surface area contributed by atoms with E-state index in [1.807, 2.05) is 0 Å². The van der Waals surface area contributed by atoms with Crippen molar-refractivity contribution in [2.75, 3.05) is 157 Å². The van der Waals surface area contributed by atoms with E-state index in [0.29, 0.717) is 36.8 Å². The van der Waals surface area contributed by atoms with Gasteiger partial charge in [0, 0.05) is 197 Å². The van der Waals surface area contributed by atoms with Gasteiger partial charge in [-0.25, -0.2) is 0 Å². The molecule has 0 aromatic heterocycles. The van der Waals surface area contributed by atoms with Crippen LogP contribution in [-0.4, -0.2) is 424 Å². The fourth-order valence-electron chi connectivity index (χ4n) is 17.2. The normalized spacial score (nSPS) is 20.6. The van der Waals surface area contributed by atoms with E-state index in [4.69, 9.17) is 11.5 Å². The Morgan fingerprint density at radius 2 is 0.706 bits per heavy atom. The molecule has 46 nitrogen and oxygen atoms in total. The fraction of sp³-hybridized carbons (Fsp3) is 0.628. The van der Waals surface area contributed by atoms with Gasteiger partial charge in [-0.05, 0) is 86.8 Å². The molecule has 10 amide bonds. The predicted octanol–water partition coefficient (Wildman–Crippen LogP) is -4.43. The molecule has 6 heterocycles. The first-order valence-corrected chi connectivity index (χ1v) is 46.8. The number of phenols is 2. The summed E-state index contributed by atoms with van der Waals surface area (Å²) >= 11 is 0.757. The van der Waals surface area contributed by atoms with Gasteiger partial charge in [-0.15, -0.1) is 0 Å². The first-order valence-electron chi connectivity index (χ1n) is 44.2. The average Bonchev–Trinajstić information content (AvgIpc) is 1.65. The van der Waals surface area contributed by atoms with E-state index in [1.54, 1.807) is 53.7 Å². The number of Topliss-reactive ketones (excluding diaryl/α,β-unsaturated/α-hetero) is 4. The van der Waals surface area contributed by atoms with Gasteiger partial charge in [-0.1, -0.05) is 38.1 Å². The summed E-state index contributed by atoms with van der Waals surface area (Å²) in [7, 11) is 9.34. The zero-order valence-corrected chi connectivity index (χ0v) is 78.8. The van der Waals surface area contributed by atoms with Crippen molar-refractivity contribution in [1.29, 1.82) is 0 Å². The van der Waals surface area contributed by atoms with Crippen molar-refractivity contribution in [2.24, 2.45) is 35.1 Å². The first-order chi connectivity index (χ1) is 63.8. The Balaban J connectivity index is 0.000000464. The second kappa shape index (κ2) is 58.3. The summed E-state index contributed by atoms with van der Waals surface area (Å²) in [5.74, 6) is -18.8. The molecule has 6 aliphatic rings. The molecule has 2 aromatic rings. The number of aliphatic carboxylic acids is 6. The molecule has 0 bridgehead atoms. The zero-order chi connectivity index (χ0) is 100. The Morgan fingerprint density at radius 1 is 0.412 bits per heavy atom. The van der Waals surface area contributed by atoms with Crippen molar-refractivity contribution < 1.29 is 177 Å². The van der Waals surface area contributed by atoms with Crippen molar-refractivity contribution in [2.45, 2.75) is 165 Å². The standard InChI is InChI=1S/2C43H62N8O15.2ClH.2Cu/c2*1-26(17-30(53)21-45-36(56)9-8-33(43(65)66)49-15-13-47(24-38(58)59)11-12-48(14-16-49)25-39(60)61)41(63)46-22-37(57)51-23-31(54)20-34(51)42(64)50-10-2-3-32(50)35(55)19-28(40(44)62)18-27-4-6-29(52)7-5-27;;;;/h2*4-7,26,28,31-34,52,54H,2-3,8-25H2,1H3,(H2,44,62)(H,45,56)(H,46,63)(H,58,59)(H,60,61)(H,65,66);2*1H;;/q;;;;;+2/p-2/t2*26?,28?,31-,32?,33?,34?;;;;/m00..../s1/i;;;;2*1+0. The molecule has 12 atom stereocenters. The van der Waals surface area contributed by atoms with Crippen LogP contribution in [0.4, 0.5) is 0 Å². The minimum absolute atomic E-state index is 0. The molecule has 0 saturated carbocycles. The van der Waals surface area contributed by atoms with E-state index >= 15 is 0 Å². The van der Waals surface area contributed by atoms with Crippen LogP contribution in [0.2, 0.25) is 0 Å². The van der Waals surface area contributed by atoms with E-state index in [9.17, 15) is 147 Å². The number of nitrogens with zero attached hydrogens (tertiary/aromatic N) is 10. The number of carboxylic acids is 6. The SMILES string of the molecule is CC(CC(=O)CNC(=O)CCC(C(=O)O)N1CCN(CC(=O)O)CCN(CC(=O)O)CC1)C(=O)NCC(=O)N1C[C@@H](O)CC1C(=O)N1CCCC1C(=O)CC(Cc1ccc(O)cc1)C(N)=O.CC(CC(=O)CNC(=O)CCC(C(=O)O)N1CCN(CC(=O)O)CCN(CC(=O)O)CC1)C(=O)NCC(=O)N1C[C@@H](O)CC1C(=O)N1CCCC1C(=O)CC(Cc1ccc(O)cc1)C(N)=O.[64Cu].[Cl][64Cu][Cl]. The van der Waals surface area contributed by atoms with Crippen LogP contribution in [0.1, 0.15) is 115 Å². The van der Waals surface area contributed by atoms with Gasteiger partial charge in [-0.2, -0.15) is 0 Å². The molecule has 10 unspecified atom stereocenters. The number of aliphatic hydroxyl groups excluding tert-OH is 2. The van der Waals surface area contributed by atoms with Crippen LogP contribution in [0.25, 0.3) is 0 Å². The average molecular weight is 2060 g/mol. The van der Waals surface area contributed by atoms with Crippen LogP contribution in [0.15, 0.2) is 48.5 Å². The number of β-amino-alcohol motifs (C(OH)–C–C–N with tert-alkyl or cyclic N) is 2. The number of hydrogen-bond donors (Lipinski definition) is 16. The molecular weight excluding hydrogens is 1940 g/mol. The number of primary amides is 2. The molecule has 136 heavy (non-hydrogen) atoms. The summed E-state index contributed by atoms with van der Waals surface area (Å²) in [6.45, 7) is 1.85. The Bertz CT molecular complexity index is 4170. The quantitative estimate of drug-likeness (QED) is 0.0278. The van der Waals surface area contributed by atoms with Crippen molar-refractivity contribution in [3.63, 3.8) is 0 Å². The van der Waals surface area contributed by atoms with Crippen LogP contribution in [0.5, 0.6) is 11.5 Å². The summed E-state index contributed by atoms with van der Waals surface area (Å²) in [6, 6.07) is 5.88. The number of rotatable bonds is 46. The Hall–Kier alpha value is -10.5. The molecule has 0 spiro atoms. The summed E-state index contributed by atoms with van der Waals surface area (Å²) in [4.78, 5) is 268. The number of hydrogen-bond acceptors (Lipinski definition) is 30. The molecule has 764 valence electrons. The van der Waals surface area contributed by atoms with Gasteiger partial charge in [0.25, 0.3) is 0 Å². The van der Waals surface area contributed by atoms with E-state index < -0.39 is 205 Å². The molecule has 6 saturated heterocycles. The number of aliphatic hydroxyl groups is 2. The number of carbonyl (C=O) groups excluding carboxylic acids is 14. The number of nitrogens with one attached hydrogen (secondary N) is 4. The zero-order valence-electron chi connectivity index (χ0n) is 75.5. The summed E-state index contributed by atoms with van der Waals surface area (Å²) in [5, 5.41) is 107. The molecule has 1 radical (unpaired) electrons. The van der Waals surface area contributed by atoms with Crippen LogP contribution < -0.4 is 32.7 Å². The summed E-state index contributed by atoms with van der Waals surface area (Å²) in [5.41, 5.74) is 12.6. The summed E-state index contributed by atoms with van der Waals surface area (Å²) < 4.78 is 0. The van der Waals surface area contributed by atoms with Gasteiger partial charge >= 0.3 is 69.1 Å². The van der Waals surface area contributed by atoms with Crippen molar-refractivity contribution in [3.8, 4) is 11.5 Å². The monoisotopic (exact) mass is 2060 g/mol. The maximum absolute atomic E-state index is 13.9. The number of phenolic OH excluding ortho intramolecular Hbond substituents is 2. The number of benzene rings is 2. The van der Waals surface area contributed by atoms with Crippen molar-refractivity contribution >= 4 is 138 Å². The van der Waals surface area contributed by atoms with Gasteiger partial charge in [-0.3, -0.25) is 125 Å². The Labute approximate surface area is 809 Å². The van der Waals surface area contributed by atoms with Crippen LogP contribution in [-0.2, 0) is 139 Å². The number of likely N-dealkylation sites (tertiary alicyclic amines) is 4. The number of ketones is 4. The second-order valence-corrected chi connectivity index (χ2v) is 36.0. The number of carbonyl (C=O) groups is 20. The van der Waals surface area contributed by atoms with Crippen LogP contribution in [0, 0.1) is 23.7 Å². The Kier molecular flexibility index (Phi) is 49.8. The third-order valence-electron chi connectivity index (χ3n) is 24.3. The molecule has 50 heteroatoms. The molecule has 6 fully saturated rings. The maximum atomic E-state index is 13.9. The number of amides is 10. The van der Waals surface area contributed by atoms with Gasteiger partial charge in [0.2, 0.25) is 59.1 Å². The summed E-state index contributed by atoms with van der Waals surface area (Å²) in [6.07, 6.45) is -2.45. The van der Waals surface area contributed by atoms with Crippen molar-refractivity contribution in [3.05, 3.63) is 59.7 Å². The molecule has 0 aliphatic carbocycles. The number of aromatic hydroxyl groups is 2. The molecule has 2 aromatic carbocycles. The van der Waals surface area contributed by atoms with Crippen LogP contribution >= 0.6 is 20.2 Å². The van der Waals surface area contributed by atoms with E-state index in [0.717, 1.165) is 22.9 Å².